The van der Waals surface area contributed by atoms with E-state index in [4.69, 9.17) is 19.0 Å². The SMILES string of the molecule is CON(C)C(=O)CC(Cc1ccccc1)C(NC(=O)OC(C)(C)C)(NC(=O)OC(C)(C)C)C(=O)OCc1ccccc1. The van der Waals surface area contributed by atoms with E-state index in [0.717, 1.165) is 10.6 Å². The van der Waals surface area contributed by atoms with Crippen LogP contribution in [-0.4, -0.2) is 60.1 Å². The first-order chi connectivity index (χ1) is 19.5. The van der Waals surface area contributed by atoms with Crippen LogP contribution in [0.15, 0.2) is 60.7 Å². The lowest BCUT2D eigenvalue weighted by Gasteiger charge is -2.40. The van der Waals surface area contributed by atoms with Crippen molar-refractivity contribution in [2.45, 2.75) is 77.9 Å². The zero-order valence-corrected chi connectivity index (χ0v) is 25.7. The number of carbonyl (C=O) groups excluding carboxylic acids is 4. The molecule has 2 aromatic carbocycles. The molecule has 0 aliphatic carbocycles. The van der Waals surface area contributed by atoms with E-state index in [-0.39, 0.29) is 19.4 Å². The fourth-order valence-corrected chi connectivity index (χ4v) is 3.99. The third kappa shape index (κ3) is 11.0. The predicted octanol–water partition coefficient (Wildman–Crippen LogP) is 4.74. The molecule has 1 atom stereocenters. The molecule has 0 radical (unpaired) electrons. The van der Waals surface area contributed by atoms with E-state index in [9.17, 15) is 19.2 Å². The molecule has 0 aliphatic rings. The molecule has 0 heterocycles. The smallest absolute Gasteiger partial charge is 0.409 e. The van der Waals surface area contributed by atoms with Crippen LogP contribution < -0.4 is 10.6 Å². The second-order valence-electron chi connectivity index (χ2n) is 11.8. The van der Waals surface area contributed by atoms with E-state index in [1.807, 2.05) is 12.1 Å². The maximum absolute atomic E-state index is 14.2. The number of nitrogens with one attached hydrogen (secondary N) is 2. The Hall–Kier alpha value is -4.12. The zero-order valence-electron chi connectivity index (χ0n) is 25.7. The van der Waals surface area contributed by atoms with Gasteiger partial charge in [0.2, 0.25) is 11.6 Å². The van der Waals surface area contributed by atoms with Gasteiger partial charge in [-0.3, -0.25) is 20.3 Å². The van der Waals surface area contributed by atoms with Crippen molar-refractivity contribution in [3.05, 3.63) is 71.8 Å². The summed E-state index contributed by atoms with van der Waals surface area (Å²) < 4.78 is 16.7. The van der Waals surface area contributed by atoms with Gasteiger partial charge in [0.05, 0.1) is 7.11 Å². The van der Waals surface area contributed by atoms with Gasteiger partial charge in [-0.1, -0.05) is 60.7 Å². The Morgan fingerprint density at radius 1 is 0.762 bits per heavy atom. The van der Waals surface area contributed by atoms with Crippen LogP contribution in [0.2, 0.25) is 0 Å². The van der Waals surface area contributed by atoms with Gasteiger partial charge in [0, 0.05) is 19.4 Å². The molecule has 0 aliphatic heterocycles. The molecule has 3 amide bonds. The number of hydroxylamine groups is 2. The molecule has 11 heteroatoms. The van der Waals surface area contributed by atoms with Gasteiger partial charge in [-0.25, -0.2) is 19.4 Å². The van der Waals surface area contributed by atoms with Gasteiger partial charge in [0.15, 0.2) is 0 Å². The quantitative estimate of drug-likeness (QED) is 0.167. The third-order valence-corrected chi connectivity index (χ3v) is 5.91. The molecule has 0 fully saturated rings. The molecule has 11 nitrogen and oxygen atoms in total. The molecular weight excluding hydrogens is 542 g/mol. The van der Waals surface area contributed by atoms with Gasteiger partial charge < -0.3 is 14.2 Å². The topological polar surface area (TPSA) is 132 Å². The van der Waals surface area contributed by atoms with Gasteiger partial charge in [-0.05, 0) is 59.1 Å². The minimum atomic E-state index is -2.31. The largest absolute Gasteiger partial charge is 0.458 e. The van der Waals surface area contributed by atoms with Crippen LogP contribution in [0.5, 0.6) is 0 Å². The van der Waals surface area contributed by atoms with Crippen molar-refractivity contribution in [2.75, 3.05) is 14.2 Å². The lowest BCUT2D eigenvalue weighted by atomic mass is 9.83. The number of carbonyl (C=O) groups is 4. The molecular formula is C31H43N3O8. The molecule has 0 spiro atoms. The summed E-state index contributed by atoms with van der Waals surface area (Å²) in [6, 6.07) is 17.9. The summed E-state index contributed by atoms with van der Waals surface area (Å²) in [6.07, 6.45) is -2.30. The molecule has 1 unspecified atom stereocenters. The molecule has 0 saturated carbocycles. The van der Waals surface area contributed by atoms with Gasteiger partial charge >= 0.3 is 18.2 Å². The average molecular weight is 586 g/mol. The normalized spacial score (nSPS) is 12.5. The van der Waals surface area contributed by atoms with Crippen LogP contribution in [0, 0.1) is 5.92 Å². The number of ether oxygens (including phenoxy) is 3. The molecule has 0 bridgehead atoms. The summed E-state index contributed by atoms with van der Waals surface area (Å²) in [5.74, 6) is -2.62. The number of benzene rings is 2. The summed E-state index contributed by atoms with van der Waals surface area (Å²) in [6.45, 7) is 9.76. The summed E-state index contributed by atoms with van der Waals surface area (Å²) in [5, 5.41) is 6.13. The van der Waals surface area contributed by atoms with Gasteiger partial charge in [0.1, 0.15) is 17.8 Å². The number of amides is 3. The highest BCUT2D eigenvalue weighted by Gasteiger charge is 2.52. The zero-order chi connectivity index (χ0) is 31.6. The highest BCUT2D eigenvalue weighted by molar-refractivity contribution is 5.90. The summed E-state index contributed by atoms with van der Waals surface area (Å²) in [7, 11) is 2.74. The van der Waals surface area contributed by atoms with E-state index >= 15 is 0 Å². The number of rotatable bonds is 11. The van der Waals surface area contributed by atoms with Crippen LogP contribution in [0.4, 0.5) is 9.59 Å². The molecule has 0 saturated heterocycles. The van der Waals surface area contributed by atoms with E-state index in [1.165, 1.54) is 14.2 Å². The van der Waals surface area contributed by atoms with E-state index < -0.39 is 46.8 Å². The van der Waals surface area contributed by atoms with E-state index in [1.54, 1.807) is 90.1 Å². The maximum Gasteiger partial charge on any atom is 0.409 e. The highest BCUT2D eigenvalue weighted by atomic mass is 16.7. The van der Waals surface area contributed by atoms with Crippen LogP contribution in [0.3, 0.4) is 0 Å². The van der Waals surface area contributed by atoms with Crippen LogP contribution in [-0.2, 0) is 41.7 Å². The number of esters is 1. The Morgan fingerprint density at radius 3 is 1.64 bits per heavy atom. The van der Waals surface area contributed by atoms with Gasteiger partial charge in [-0.15, -0.1) is 0 Å². The van der Waals surface area contributed by atoms with Crippen molar-refractivity contribution in [1.82, 2.24) is 15.7 Å². The van der Waals surface area contributed by atoms with Crippen LogP contribution >= 0.6 is 0 Å². The summed E-state index contributed by atoms with van der Waals surface area (Å²) >= 11 is 0. The van der Waals surface area contributed by atoms with Crippen molar-refractivity contribution in [3.63, 3.8) is 0 Å². The first kappa shape index (κ1) is 34.1. The fourth-order valence-electron chi connectivity index (χ4n) is 3.99. The predicted molar refractivity (Wildman–Crippen MR) is 156 cm³/mol. The third-order valence-electron chi connectivity index (χ3n) is 5.91. The average Bonchev–Trinajstić information content (AvgIpc) is 2.89. The van der Waals surface area contributed by atoms with Crippen molar-refractivity contribution in [3.8, 4) is 0 Å². The number of hydrogen-bond donors (Lipinski definition) is 2. The molecule has 2 aromatic rings. The van der Waals surface area contributed by atoms with Crippen LogP contribution in [0.1, 0.15) is 59.1 Å². The fraction of sp³-hybridized carbons (Fsp3) is 0.484. The Labute approximate surface area is 247 Å². The Kier molecular flexibility index (Phi) is 11.9. The lowest BCUT2D eigenvalue weighted by Crippen LogP contribution is -2.71. The maximum atomic E-state index is 14.2. The van der Waals surface area contributed by atoms with E-state index in [2.05, 4.69) is 10.6 Å². The first-order valence-electron chi connectivity index (χ1n) is 13.6. The summed E-state index contributed by atoms with van der Waals surface area (Å²) in [5.41, 5.74) is -2.80. The number of hydrogen-bond acceptors (Lipinski definition) is 8. The molecule has 2 N–H and O–H groups in total. The van der Waals surface area contributed by atoms with Gasteiger partial charge in [0.25, 0.3) is 0 Å². The Balaban J connectivity index is 2.71. The molecule has 42 heavy (non-hydrogen) atoms. The molecule has 0 aromatic heterocycles. The van der Waals surface area contributed by atoms with Crippen molar-refractivity contribution >= 4 is 24.1 Å². The monoisotopic (exact) mass is 585 g/mol. The minimum absolute atomic E-state index is 0.0656. The Bertz CT molecular complexity index is 1160. The highest BCUT2D eigenvalue weighted by Crippen LogP contribution is 2.28. The second-order valence-corrected chi connectivity index (χ2v) is 11.8. The van der Waals surface area contributed by atoms with Crippen molar-refractivity contribution in [2.24, 2.45) is 5.92 Å². The van der Waals surface area contributed by atoms with Crippen molar-refractivity contribution < 1.29 is 38.2 Å². The lowest BCUT2D eigenvalue weighted by molar-refractivity contribution is -0.172. The minimum Gasteiger partial charge on any atom is -0.458 e. The van der Waals surface area contributed by atoms with E-state index in [0.29, 0.717) is 5.56 Å². The second kappa shape index (κ2) is 14.7. The number of nitrogens with zero attached hydrogens (tertiary/aromatic N) is 1. The standard InChI is InChI=1S/C31H43N3O8/c1-29(2,3)41-27(37)32-31(33-28(38)42-30(4,5)6,26(36)40-21-23-17-13-10-14-18-23)24(20-25(35)34(7)39-8)19-22-15-11-9-12-16-22/h9-18,24H,19-21H2,1-8H3,(H,32,37)(H,33,38). The first-order valence-corrected chi connectivity index (χ1v) is 13.6. The Morgan fingerprint density at radius 2 is 1.21 bits per heavy atom. The molecule has 2 rings (SSSR count). The van der Waals surface area contributed by atoms with Crippen LogP contribution in [0.25, 0.3) is 0 Å². The molecule has 230 valence electrons. The summed E-state index contributed by atoms with van der Waals surface area (Å²) in [4.78, 5) is 59.1. The van der Waals surface area contributed by atoms with Gasteiger partial charge in [-0.2, -0.15) is 0 Å². The number of alkyl carbamates (subject to hydrolysis) is 2. The van der Waals surface area contributed by atoms with Crippen molar-refractivity contribution in [1.29, 1.82) is 0 Å².